The molecule has 6 nitrogen and oxygen atoms in total. The van der Waals surface area contributed by atoms with E-state index in [0.717, 1.165) is 34.6 Å². The molecular formula is C25H21ClFN3O3. The van der Waals surface area contributed by atoms with Crippen LogP contribution in [0, 0.1) is 12.7 Å². The summed E-state index contributed by atoms with van der Waals surface area (Å²) in [6.07, 6.45) is 3.28. The van der Waals surface area contributed by atoms with Crippen molar-refractivity contribution in [2.24, 2.45) is 0 Å². The monoisotopic (exact) mass is 465 g/mol. The molecule has 1 aliphatic rings. The molecule has 0 unspecified atom stereocenters. The van der Waals surface area contributed by atoms with Gasteiger partial charge in [-0.3, -0.25) is 9.48 Å². The number of halogens is 2. The Morgan fingerprint density at radius 2 is 2.09 bits per heavy atom. The highest BCUT2D eigenvalue weighted by Gasteiger charge is 2.30. The van der Waals surface area contributed by atoms with E-state index < -0.39 is 0 Å². The minimum atomic E-state index is -0.368. The molecule has 1 aliphatic carbocycles. The van der Waals surface area contributed by atoms with E-state index in [2.05, 4.69) is 5.32 Å². The van der Waals surface area contributed by atoms with E-state index in [0.29, 0.717) is 28.4 Å². The number of rotatable bonds is 5. The summed E-state index contributed by atoms with van der Waals surface area (Å²) >= 11 is 6.19. The lowest BCUT2D eigenvalue weighted by atomic mass is 9.93. The van der Waals surface area contributed by atoms with Crippen molar-refractivity contribution in [2.75, 3.05) is 12.4 Å². The Hall–Kier alpha value is -3.58. The summed E-state index contributed by atoms with van der Waals surface area (Å²) in [5, 5.41) is 7.92. The van der Waals surface area contributed by atoms with Gasteiger partial charge < -0.3 is 14.5 Å². The average molecular weight is 466 g/mol. The van der Waals surface area contributed by atoms with Crippen LogP contribution in [0.4, 0.5) is 10.1 Å². The predicted octanol–water partition coefficient (Wildman–Crippen LogP) is 5.65. The Kier molecular flexibility index (Phi) is 5.42. The number of fused-ring (bicyclic) bond motifs is 3. The summed E-state index contributed by atoms with van der Waals surface area (Å²) in [6.45, 7) is 2.07. The fraction of sp³-hybridized carbons (Fsp3) is 0.200. The Bertz CT molecular complexity index is 1360. The number of hydrogen-bond donors (Lipinski definition) is 1. The second kappa shape index (κ2) is 8.41. The molecule has 1 N–H and O–H groups in total. The van der Waals surface area contributed by atoms with Crippen molar-refractivity contribution in [2.45, 2.75) is 26.3 Å². The highest BCUT2D eigenvalue weighted by Crippen LogP contribution is 2.38. The van der Waals surface area contributed by atoms with Crippen molar-refractivity contribution in [3.63, 3.8) is 0 Å². The molecule has 0 saturated carbocycles. The number of aryl methyl sites for hydroxylation is 2. The first-order chi connectivity index (χ1) is 15.9. The molecule has 0 fully saturated rings. The van der Waals surface area contributed by atoms with Crippen LogP contribution in [0.15, 0.2) is 53.1 Å². The van der Waals surface area contributed by atoms with Gasteiger partial charge in [-0.05, 0) is 43.2 Å². The van der Waals surface area contributed by atoms with Crippen LogP contribution < -0.4 is 10.1 Å². The van der Waals surface area contributed by atoms with Crippen LogP contribution in [-0.4, -0.2) is 22.8 Å². The molecule has 2 aromatic heterocycles. The summed E-state index contributed by atoms with van der Waals surface area (Å²) in [5.41, 5.74) is 4.33. The van der Waals surface area contributed by atoms with Gasteiger partial charge in [0, 0.05) is 46.1 Å². The predicted molar refractivity (Wildman–Crippen MR) is 124 cm³/mol. The van der Waals surface area contributed by atoms with E-state index in [-0.39, 0.29) is 24.0 Å². The van der Waals surface area contributed by atoms with Crippen LogP contribution in [0.5, 0.6) is 5.75 Å². The lowest BCUT2D eigenvalue weighted by Crippen LogP contribution is -2.12. The molecule has 0 bridgehead atoms. The molecule has 0 aliphatic heterocycles. The molecule has 1 amide bonds. The van der Waals surface area contributed by atoms with Crippen molar-refractivity contribution in [1.29, 1.82) is 0 Å². The minimum Gasteiger partial charge on any atom is -0.497 e. The van der Waals surface area contributed by atoms with Crippen LogP contribution >= 0.6 is 11.6 Å². The van der Waals surface area contributed by atoms with Gasteiger partial charge in [0.15, 0.2) is 5.76 Å². The fourth-order valence-electron chi connectivity index (χ4n) is 4.20. The van der Waals surface area contributed by atoms with E-state index in [1.807, 2.05) is 13.1 Å². The van der Waals surface area contributed by atoms with Gasteiger partial charge in [-0.1, -0.05) is 23.7 Å². The number of hydrogen-bond acceptors (Lipinski definition) is 4. The largest absolute Gasteiger partial charge is 0.497 e. The number of carbonyl (C=O) groups is 1. The number of methoxy groups -OCH3 is 1. The molecule has 168 valence electrons. The van der Waals surface area contributed by atoms with Gasteiger partial charge in [0.05, 0.1) is 19.3 Å². The summed E-state index contributed by atoms with van der Waals surface area (Å²) in [6, 6.07) is 11.8. The lowest BCUT2D eigenvalue weighted by molar-refractivity contribution is 0.0994. The van der Waals surface area contributed by atoms with Crippen LogP contribution in [0.2, 0.25) is 5.02 Å². The number of ether oxygens (including phenoxy) is 1. The minimum absolute atomic E-state index is 0.216. The highest BCUT2D eigenvalue weighted by atomic mass is 35.5. The molecule has 2 heterocycles. The molecule has 0 radical (unpaired) electrons. The number of nitrogens with zero attached hydrogens (tertiary/aromatic N) is 2. The van der Waals surface area contributed by atoms with Gasteiger partial charge in [0.2, 0.25) is 0 Å². The maximum absolute atomic E-state index is 14.2. The van der Waals surface area contributed by atoms with Gasteiger partial charge in [-0.25, -0.2) is 4.39 Å². The van der Waals surface area contributed by atoms with Gasteiger partial charge in [0.1, 0.15) is 17.3 Å². The van der Waals surface area contributed by atoms with E-state index in [9.17, 15) is 9.18 Å². The lowest BCUT2D eigenvalue weighted by Gasteiger charge is -2.09. The molecule has 0 spiro atoms. The van der Waals surface area contributed by atoms with Crippen molar-refractivity contribution in [3.8, 4) is 17.0 Å². The average Bonchev–Trinajstić information content (AvgIpc) is 3.36. The SMILES string of the molecule is COc1cccc(NC(=O)c2oc3c(c2C)-c2nn(Cc4c(F)cccc4Cl)cc2CC3)c1. The number of benzene rings is 2. The Balaban J connectivity index is 1.45. The number of nitrogens with one attached hydrogen (secondary N) is 1. The van der Waals surface area contributed by atoms with E-state index in [1.165, 1.54) is 6.07 Å². The molecular weight excluding hydrogens is 445 g/mol. The normalized spacial score (nSPS) is 12.2. The Morgan fingerprint density at radius 1 is 1.27 bits per heavy atom. The van der Waals surface area contributed by atoms with Crippen molar-refractivity contribution in [1.82, 2.24) is 9.78 Å². The smallest absolute Gasteiger partial charge is 0.291 e. The standard InChI is InChI=1S/C25H21ClFN3O3/c1-14-22-21(33-24(14)25(31)28-16-5-3-6-17(11-16)32-2)10-9-15-12-30(29-23(15)22)13-18-19(26)7-4-8-20(18)27/h3-8,11-12H,9-10,13H2,1-2H3,(H,28,31). The van der Waals surface area contributed by atoms with Crippen molar-refractivity contribution >= 4 is 23.2 Å². The molecule has 4 aromatic rings. The Morgan fingerprint density at radius 3 is 2.88 bits per heavy atom. The molecule has 8 heteroatoms. The molecule has 0 saturated heterocycles. The van der Waals surface area contributed by atoms with Gasteiger partial charge in [0.25, 0.3) is 5.91 Å². The van der Waals surface area contributed by atoms with Crippen LogP contribution in [-0.2, 0) is 19.4 Å². The Labute approximate surface area is 194 Å². The third-order valence-electron chi connectivity index (χ3n) is 5.83. The first-order valence-electron chi connectivity index (χ1n) is 10.5. The first-order valence-corrected chi connectivity index (χ1v) is 10.9. The summed E-state index contributed by atoms with van der Waals surface area (Å²) in [5.74, 6) is 0.919. The topological polar surface area (TPSA) is 69.3 Å². The number of anilines is 1. The second-order valence-corrected chi connectivity index (χ2v) is 8.35. The van der Waals surface area contributed by atoms with Crippen LogP contribution in [0.25, 0.3) is 11.3 Å². The summed E-state index contributed by atoms with van der Waals surface area (Å²) < 4.78 is 27.1. The van der Waals surface area contributed by atoms with E-state index >= 15 is 0 Å². The zero-order chi connectivity index (χ0) is 23.1. The first kappa shape index (κ1) is 21.3. The van der Waals surface area contributed by atoms with Crippen LogP contribution in [0.3, 0.4) is 0 Å². The van der Waals surface area contributed by atoms with Gasteiger partial charge in [-0.2, -0.15) is 5.10 Å². The summed E-state index contributed by atoms with van der Waals surface area (Å²) in [4.78, 5) is 13.0. The molecule has 5 rings (SSSR count). The zero-order valence-corrected chi connectivity index (χ0v) is 18.9. The van der Waals surface area contributed by atoms with E-state index in [4.69, 9.17) is 25.9 Å². The van der Waals surface area contributed by atoms with Gasteiger partial charge >= 0.3 is 0 Å². The highest BCUT2D eigenvalue weighted by molar-refractivity contribution is 6.31. The second-order valence-electron chi connectivity index (χ2n) is 7.94. The zero-order valence-electron chi connectivity index (χ0n) is 18.1. The van der Waals surface area contributed by atoms with E-state index in [1.54, 1.807) is 48.2 Å². The quantitative estimate of drug-likeness (QED) is 0.413. The number of amides is 1. The number of carbonyl (C=O) groups excluding carboxylic acids is 1. The summed E-state index contributed by atoms with van der Waals surface area (Å²) in [7, 11) is 1.57. The van der Waals surface area contributed by atoms with Gasteiger partial charge in [-0.15, -0.1) is 0 Å². The molecule has 0 atom stereocenters. The maximum atomic E-state index is 14.2. The van der Waals surface area contributed by atoms with Crippen molar-refractivity contribution < 1.29 is 18.3 Å². The number of aromatic nitrogens is 2. The third-order valence-corrected chi connectivity index (χ3v) is 6.19. The number of furan rings is 1. The molecule has 2 aromatic carbocycles. The van der Waals surface area contributed by atoms with Crippen molar-refractivity contribution in [3.05, 3.63) is 87.7 Å². The molecule has 33 heavy (non-hydrogen) atoms. The third kappa shape index (κ3) is 3.89. The fourth-order valence-corrected chi connectivity index (χ4v) is 4.42. The van der Waals surface area contributed by atoms with Crippen LogP contribution in [0.1, 0.15) is 33.0 Å². The maximum Gasteiger partial charge on any atom is 0.291 e.